The monoisotopic (exact) mass is 408 g/mol. The molecule has 4 rings (SSSR count). The molecule has 0 fully saturated rings. The molecule has 0 saturated heterocycles. The Balaban J connectivity index is 1.86. The van der Waals surface area contributed by atoms with E-state index in [1.54, 1.807) is 0 Å². The summed E-state index contributed by atoms with van der Waals surface area (Å²) in [5, 5.41) is 13.3. The lowest BCUT2D eigenvalue weighted by Gasteiger charge is -2.22. The fourth-order valence-corrected chi connectivity index (χ4v) is 4.57. The second-order valence-electron chi connectivity index (χ2n) is 7.56. The molecule has 0 radical (unpaired) electrons. The Morgan fingerprint density at radius 1 is 1.34 bits per heavy atom. The summed E-state index contributed by atoms with van der Waals surface area (Å²) in [6, 6.07) is 3.28. The number of phenolic OH excluding ortho intramolecular Hbond substituents is 1. The van der Waals surface area contributed by atoms with Crippen LogP contribution in [-0.2, 0) is 19.9 Å². The van der Waals surface area contributed by atoms with Gasteiger partial charge in [-0.1, -0.05) is 13.0 Å². The van der Waals surface area contributed by atoms with E-state index in [0.29, 0.717) is 16.8 Å². The van der Waals surface area contributed by atoms with Gasteiger partial charge < -0.3 is 19.2 Å². The number of hydrogen-bond donors (Lipinski definition) is 2. The minimum absolute atomic E-state index is 0.0233. The molecule has 2 aromatic heterocycles. The Morgan fingerprint density at radius 3 is 2.79 bits per heavy atom. The van der Waals surface area contributed by atoms with Gasteiger partial charge in [-0.15, -0.1) is 4.91 Å². The predicted octanol–water partition coefficient (Wildman–Crippen LogP) is 5.64. The number of aromatic nitrogens is 3. The van der Waals surface area contributed by atoms with Gasteiger partial charge in [0.1, 0.15) is 11.4 Å². The van der Waals surface area contributed by atoms with Crippen LogP contribution in [0.5, 0.6) is 5.75 Å². The maximum atomic E-state index is 11.5. The Labute approximate surface area is 174 Å². The van der Waals surface area contributed by atoms with E-state index in [9.17, 15) is 10.0 Å². The number of aromatic hydroxyl groups is 1. The highest BCUT2D eigenvalue weighted by molar-refractivity contribution is 7.71. The van der Waals surface area contributed by atoms with Crippen LogP contribution in [-0.4, -0.2) is 19.2 Å². The number of nitrogens with one attached hydrogen (secondary N) is 1. The number of phenols is 1. The van der Waals surface area contributed by atoms with Crippen LogP contribution in [0.4, 0.5) is 5.69 Å². The largest absolute Gasteiger partial charge is 0.508 e. The van der Waals surface area contributed by atoms with Crippen LogP contribution in [0, 0.1) is 23.5 Å². The maximum Gasteiger partial charge on any atom is 0.178 e. The summed E-state index contributed by atoms with van der Waals surface area (Å²) in [6.07, 6.45) is 7.59. The highest BCUT2D eigenvalue weighted by Crippen LogP contribution is 2.39. The first-order chi connectivity index (χ1) is 13.9. The second kappa shape index (κ2) is 7.15. The number of hydrogen-bond acceptors (Lipinski definition) is 4. The molecule has 2 heterocycles. The molecule has 0 amide bonds. The van der Waals surface area contributed by atoms with Gasteiger partial charge in [0.2, 0.25) is 0 Å². The zero-order valence-corrected chi connectivity index (χ0v) is 17.8. The third-order valence-electron chi connectivity index (χ3n) is 6.15. The van der Waals surface area contributed by atoms with Crippen molar-refractivity contribution in [3.8, 4) is 17.0 Å². The number of benzene rings is 1. The van der Waals surface area contributed by atoms with E-state index >= 15 is 0 Å². The van der Waals surface area contributed by atoms with E-state index in [0.717, 1.165) is 17.7 Å². The van der Waals surface area contributed by atoms with Crippen molar-refractivity contribution in [3.63, 3.8) is 0 Å². The second-order valence-corrected chi connectivity index (χ2v) is 7.94. The van der Waals surface area contributed by atoms with Gasteiger partial charge in [-0.25, -0.2) is 0 Å². The minimum Gasteiger partial charge on any atom is -0.508 e. The third kappa shape index (κ3) is 2.97. The first-order valence-electron chi connectivity index (χ1n) is 9.69. The fraction of sp³-hybridized carbons (Fsp3) is 0.318. The van der Waals surface area contributed by atoms with E-state index in [1.807, 2.05) is 23.8 Å². The summed E-state index contributed by atoms with van der Waals surface area (Å²) >= 11 is 5.59. The smallest absolute Gasteiger partial charge is 0.178 e. The topological polar surface area (TPSA) is 75.3 Å². The normalized spacial score (nSPS) is 15.5. The average Bonchev–Trinajstić information content (AvgIpc) is 3.21. The molecule has 3 aromatic rings. The molecule has 6 nitrogen and oxygen atoms in total. The van der Waals surface area contributed by atoms with Crippen molar-refractivity contribution in [1.82, 2.24) is 14.1 Å². The molecule has 2 N–H and O–H groups in total. The molecule has 0 bridgehead atoms. The van der Waals surface area contributed by atoms with E-state index in [1.165, 1.54) is 28.6 Å². The zero-order valence-electron chi connectivity index (χ0n) is 17.0. The van der Waals surface area contributed by atoms with Crippen molar-refractivity contribution >= 4 is 24.0 Å². The van der Waals surface area contributed by atoms with Crippen LogP contribution >= 0.6 is 12.2 Å². The van der Waals surface area contributed by atoms with Gasteiger partial charge in [-0.05, 0) is 72.9 Å². The predicted molar refractivity (Wildman–Crippen MR) is 118 cm³/mol. The van der Waals surface area contributed by atoms with Crippen molar-refractivity contribution in [2.75, 3.05) is 0 Å². The summed E-state index contributed by atoms with van der Waals surface area (Å²) in [5.74, 6) is 0.0872. The van der Waals surface area contributed by atoms with E-state index in [2.05, 4.69) is 47.8 Å². The summed E-state index contributed by atoms with van der Waals surface area (Å²) in [4.78, 5) is 14.6. The molecule has 0 spiro atoms. The number of nitroso groups, excluding NO2 is 1. The molecule has 7 heteroatoms. The van der Waals surface area contributed by atoms with Gasteiger partial charge in [-0.3, -0.25) is 0 Å². The number of fused-ring (bicyclic) bond motifs is 1. The molecular weight excluding hydrogens is 384 g/mol. The Kier molecular flexibility index (Phi) is 4.78. The van der Waals surface area contributed by atoms with Gasteiger partial charge in [0.05, 0.1) is 11.7 Å². The first-order valence-corrected chi connectivity index (χ1v) is 10.1. The molecule has 1 aliphatic carbocycles. The van der Waals surface area contributed by atoms with Gasteiger partial charge in [0.15, 0.2) is 4.77 Å². The van der Waals surface area contributed by atoms with Gasteiger partial charge in [0.25, 0.3) is 0 Å². The maximum absolute atomic E-state index is 11.5. The zero-order chi connectivity index (χ0) is 20.9. The number of aromatic amines is 1. The molecule has 0 saturated carbocycles. The van der Waals surface area contributed by atoms with Crippen LogP contribution in [0.25, 0.3) is 17.3 Å². The van der Waals surface area contributed by atoms with E-state index < -0.39 is 0 Å². The van der Waals surface area contributed by atoms with Crippen LogP contribution in [0.15, 0.2) is 29.6 Å². The standard InChI is InChI=1S/C22H24N4O2S/c1-5-14-8-17(18(24-28)10-21(14)27)20-11-23-22(29)26(20)15-6-7-19-16(9-15)12(2)13(3)25(19)4/h6-8,10-11,15,27H,5,9H2,1-4H3,(H,23,29). The highest BCUT2D eigenvalue weighted by atomic mass is 32.1. The van der Waals surface area contributed by atoms with Gasteiger partial charge in [0, 0.05) is 36.3 Å². The average molecular weight is 409 g/mol. The van der Waals surface area contributed by atoms with Gasteiger partial charge in [-0.2, -0.15) is 0 Å². The first kappa shape index (κ1) is 19.4. The van der Waals surface area contributed by atoms with Crippen LogP contribution < -0.4 is 0 Å². The molecule has 29 heavy (non-hydrogen) atoms. The van der Waals surface area contributed by atoms with Crippen LogP contribution in [0.1, 0.15) is 41.0 Å². The summed E-state index contributed by atoms with van der Waals surface area (Å²) in [6.45, 7) is 6.25. The number of H-pyrrole nitrogens is 1. The molecule has 1 atom stereocenters. The molecule has 150 valence electrons. The fourth-order valence-electron chi connectivity index (χ4n) is 4.27. The SMILES string of the molecule is CCc1cc(-c2c[nH]c(=S)n2C2C=Cc3c(c(C)c(C)n3C)C2)c(N=O)cc1O. The van der Waals surface area contributed by atoms with Crippen molar-refractivity contribution in [2.45, 2.75) is 39.7 Å². The van der Waals surface area contributed by atoms with E-state index in [-0.39, 0.29) is 17.5 Å². The molecule has 0 aliphatic heterocycles. The molecule has 1 aromatic carbocycles. The number of imidazole rings is 1. The number of aryl methyl sites for hydroxylation is 1. The third-order valence-corrected chi connectivity index (χ3v) is 6.47. The Bertz CT molecular complexity index is 1210. The molecular formula is C22H24N4O2S. The number of allylic oxidation sites excluding steroid dienone is 1. The lowest BCUT2D eigenvalue weighted by Crippen LogP contribution is -2.15. The van der Waals surface area contributed by atoms with Crippen LogP contribution in [0.2, 0.25) is 0 Å². The van der Waals surface area contributed by atoms with Crippen molar-refractivity contribution in [1.29, 1.82) is 0 Å². The quantitative estimate of drug-likeness (QED) is 0.433. The lowest BCUT2D eigenvalue weighted by molar-refractivity contribution is 0.469. The lowest BCUT2D eigenvalue weighted by atomic mass is 9.95. The minimum atomic E-state index is 0.0233. The van der Waals surface area contributed by atoms with Crippen molar-refractivity contribution in [3.05, 3.63) is 62.2 Å². The Hall–Kier alpha value is -2.93. The number of nitrogens with zero attached hydrogens (tertiary/aromatic N) is 3. The molecule has 1 unspecified atom stereocenters. The summed E-state index contributed by atoms with van der Waals surface area (Å²) < 4.78 is 4.85. The van der Waals surface area contributed by atoms with E-state index in [4.69, 9.17) is 12.2 Å². The van der Waals surface area contributed by atoms with Crippen LogP contribution in [0.3, 0.4) is 0 Å². The highest BCUT2D eigenvalue weighted by Gasteiger charge is 2.25. The van der Waals surface area contributed by atoms with Gasteiger partial charge >= 0.3 is 0 Å². The summed E-state index contributed by atoms with van der Waals surface area (Å²) in [5.41, 5.74) is 7.54. The van der Waals surface area contributed by atoms with Crippen molar-refractivity contribution < 1.29 is 5.11 Å². The summed E-state index contributed by atoms with van der Waals surface area (Å²) in [7, 11) is 2.09. The molecule has 1 aliphatic rings. The van der Waals surface area contributed by atoms with Crippen molar-refractivity contribution in [2.24, 2.45) is 12.2 Å². The Morgan fingerprint density at radius 2 is 2.10 bits per heavy atom. The number of rotatable bonds is 4.